The minimum Gasteiger partial charge on any atom is -0.326 e. The van der Waals surface area contributed by atoms with Gasteiger partial charge in [-0.25, -0.2) is 4.99 Å². The number of thioether (sulfide) groups is 1. The molecule has 0 radical (unpaired) electrons. The van der Waals surface area contributed by atoms with Crippen LogP contribution >= 0.6 is 11.8 Å². The van der Waals surface area contributed by atoms with Crippen molar-refractivity contribution in [2.24, 2.45) is 4.99 Å². The summed E-state index contributed by atoms with van der Waals surface area (Å²) in [6, 6.07) is 11.8. The van der Waals surface area contributed by atoms with Gasteiger partial charge in [0.25, 0.3) is 0 Å². The number of amides is 2. The summed E-state index contributed by atoms with van der Waals surface area (Å²) >= 11 is 1.34. The summed E-state index contributed by atoms with van der Waals surface area (Å²) in [6.45, 7) is 8.06. The van der Waals surface area contributed by atoms with Crippen LogP contribution in [0.4, 0.5) is 11.4 Å². The zero-order chi connectivity index (χ0) is 20.4. The molecule has 0 bridgehead atoms. The first-order valence-corrected chi connectivity index (χ1v) is 10.1. The number of carbonyl (C=O) groups excluding carboxylic acids is 2. The number of hydrogen-bond donors (Lipinski definition) is 1. The number of carbonyl (C=O) groups is 2. The molecule has 28 heavy (non-hydrogen) atoms. The molecular formula is C22H25N3O2S. The van der Waals surface area contributed by atoms with Gasteiger partial charge in [-0.1, -0.05) is 35.5 Å². The molecule has 0 aliphatic carbocycles. The monoisotopic (exact) mass is 395 g/mol. The van der Waals surface area contributed by atoms with Gasteiger partial charge in [-0.3, -0.25) is 14.5 Å². The Morgan fingerprint density at radius 2 is 1.82 bits per heavy atom. The average molecular weight is 396 g/mol. The van der Waals surface area contributed by atoms with E-state index in [1.54, 1.807) is 7.05 Å². The summed E-state index contributed by atoms with van der Waals surface area (Å²) in [5, 5.41) is 3.08. The van der Waals surface area contributed by atoms with Gasteiger partial charge in [-0.15, -0.1) is 0 Å². The summed E-state index contributed by atoms with van der Waals surface area (Å²) in [7, 11) is 1.71. The van der Waals surface area contributed by atoms with E-state index < -0.39 is 5.25 Å². The quantitative estimate of drug-likeness (QED) is 0.828. The minimum atomic E-state index is -0.457. The lowest BCUT2D eigenvalue weighted by molar-refractivity contribution is -0.127. The Morgan fingerprint density at radius 1 is 1.07 bits per heavy atom. The molecular weight excluding hydrogens is 370 g/mol. The molecule has 3 rings (SSSR count). The summed E-state index contributed by atoms with van der Waals surface area (Å²) in [4.78, 5) is 31.2. The van der Waals surface area contributed by atoms with E-state index in [0.717, 1.165) is 28.1 Å². The van der Waals surface area contributed by atoms with Crippen LogP contribution in [0.2, 0.25) is 0 Å². The van der Waals surface area contributed by atoms with Gasteiger partial charge in [0.1, 0.15) is 5.25 Å². The maximum Gasteiger partial charge on any atom is 0.242 e. The second-order valence-electron chi connectivity index (χ2n) is 7.24. The molecule has 1 aliphatic rings. The van der Waals surface area contributed by atoms with Gasteiger partial charge >= 0.3 is 0 Å². The number of aryl methyl sites for hydroxylation is 4. The van der Waals surface area contributed by atoms with E-state index in [1.807, 2.05) is 57.2 Å². The fourth-order valence-corrected chi connectivity index (χ4v) is 4.18. The molecule has 2 aromatic rings. The average Bonchev–Trinajstić information content (AvgIpc) is 2.88. The van der Waals surface area contributed by atoms with Gasteiger partial charge in [0.05, 0.1) is 5.69 Å². The van der Waals surface area contributed by atoms with Gasteiger partial charge in [0, 0.05) is 19.2 Å². The van der Waals surface area contributed by atoms with E-state index in [9.17, 15) is 9.59 Å². The predicted octanol–water partition coefficient (Wildman–Crippen LogP) is 4.51. The standard InChI is InChI=1S/C22H25N3O2S/c1-13-6-9-18(16(4)10-13)24-20(26)12-19-21(27)25(5)22(28-19)23-17-8-7-14(2)15(3)11-17/h6-11,19H,12H2,1-5H3,(H,24,26). The van der Waals surface area contributed by atoms with Crippen LogP contribution in [0.15, 0.2) is 41.4 Å². The predicted molar refractivity (Wildman–Crippen MR) is 116 cm³/mol. The van der Waals surface area contributed by atoms with E-state index in [-0.39, 0.29) is 18.2 Å². The summed E-state index contributed by atoms with van der Waals surface area (Å²) in [6.07, 6.45) is 0.118. The van der Waals surface area contributed by atoms with Crippen molar-refractivity contribution in [1.29, 1.82) is 0 Å². The normalized spacial score (nSPS) is 18.0. The molecule has 1 fully saturated rings. The fourth-order valence-electron chi connectivity index (χ4n) is 3.03. The van der Waals surface area contributed by atoms with Crippen molar-refractivity contribution >= 4 is 40.1 Å². The Bertz CT molecular complexity index is 968. The van der Waals surface area contributed by atoms with Gasteiger partial charge in [0.2, 0.25) is 11.8 Å². The molecule has 6 heteroatoms. The fraction of sp³-hybridized carbons (Fsp3) is 0.318. The number of benzene rings is 2. The van der Waals surface area contributed by atoms with Crippen molar-refractivity contribution in [3.8, 4) is 0 Å². The number of hydrogen-bond acceptors (Lipinski definition) is 4. The first kappa shape index (κ1) is 20.1. The maximum atomic E-state index is 12.6. The van der Waals surface area contributed by atoms with Crippen LogP contribution in [0.25, 0.3) is 0 Å². The second-order valence-corrected chi connectivity index (χ2v) is 8.41. The van der Waals surface area contributed by atoms with Crippen molar-refractivity contribution in [1.82, 2.24) is 4.90 Å². The Hall–Kier alpha value is -2.60. The van der Waals surface area contributed by atoms with Crippen LogP contribution in [-0.2, 0) is 9.59 Å². The molecule has 0 saturated carbocycles. The molecule has 0 spiro atoms. The van der Waals surface area contributed by atoms with Crippen LogP contribution in [0.5, 0.6) is 0 Å². The smallest absolute Gasteiger partial charge is 0.242 e. The third-order valence-electron chi connectivity index (χ3n) is 4.88. The molecule has 1 unspecified atom stereocenters. The highest BCUT2D eigenvalue weighted by molar-refractivity contribution is 8.15. The van der Waals surface area contributed by atoms with Gasteiger partial charge in [-0.2, -0.15) is 0 Å². The first-order chi connectivity index (χ1) is 13.2. The van der Waals surface area contributed by atoms with Crippen LogP contribution in [0, 0.1) is 27.7 Å². The number of rotatable bonds is 4. The zero-order valence-corrected chi connectivity index (χ0v) is 17.7. The molecule has 1 atom stereocenters. The SMILES string of the molecule is Cc1ccc(NC(=O)CC2SC(=Nc3ccc(C)c(C)c3)N(C)C2=O)c(C)c1. The summed E-state index contributed by atoms with van der Waals surface area (Å²) in [5.41, 5.74) is 6.10. The molecule has 1 heterocycles. The highest BCUT2D eigenvalue weighted by Gasteiger charge is 2.37. The topological polar surface area (TPSA) is 61.8 Å². The van der Waals surface area contributed by atoms with Crippen molar-refractivity contribution in [2.75, 3.05) is 12.4 Å². The Balaban J connectivity index is 1.69. The van der Waals surface area contributed by atoms with Gasteiger partial charge in [-0.05, 0) is 62.6 Å². The maximum absolute atomic E-state index is 12.6. The zero-order valence-electron chi connectivity index (χ0n) is 16.9. The second kappa shape index (κ2) is 8.19. The van der Waals surface area contributed by atoms with Gasteiger partial charge in [0.15, 0.2) is 5.17 Å². The van der Waals surface area contributed by atoms with Gasteiger partial charge < -0.3 is 5.32 Å². The number of amidine groups is 1. The molecule has 1 aliphatic heterocycles. The van der Waals surface area contributed by atoms with Crippen LogP contribution in [-0.4, -0.2) is 34.2 Å². The number of nitrogens with zero attached hydrogens (tertiary/aromatic N) is 2. The molecule has 0 aromatic heterocycles. The Labute approximate surface area is 170 Å². The number of anilines is 1. The van der Waals surface area contributed by atoms with E-state index in [0.29, 0.717) is 5.17 Å². The number of aliphatic imine (C=N–C) groups is 1. The lowest BCUT2D eigenvalue weighted by Crippen LogP contribution is -2.30. The van der Waals surface area contributed by atoms with Crippen LogP contribution in [0.3, 0.4) is 0 Å². The Morgan fingerprint density at radius 3 is 2.50 bits per heavy atom. The minimum absolute atomic E-state index is 0.0941. The Kier molecular flexibility index (Phi) is 5.89. The molecule has 2 amide bonds. The molecule has 1 saturated heterocycles. The van der Waals surface area contributed by atoms with Crippen molar-refractivity contribution in [3.05, 3.63) is 58.7 Å². The van der Waals surface area contributed by atoms with Crippen LogP contribution in [0.1, 0.15) is 28.7 Å². The molecule has 1 N–H and O–H groups in total. The lowest BCUT2D eigenvalue weighted by atomic mass is 10.1. The summed E-state index contributed by atoms with van der Waals surface area (Å²) in [5.74, 6) is -0.262. The summed E-state index contributed by atoms with van der Waals surface area (Å²) < 4.78 is 0. The third-order valence-corrected chi connectivity index (χ3v) is 6.11. The van der Waals surface area contributed by atoms with E-state index in [1.165, 1.54) is 22.2 Å². The molecule has 5 nitrogen and oxygen atoms in total. The highest BCUT2D eigenvalue weighted by Crippen LogP contribution is 2.31. The largest absolute Gasteiger partial charge is 0.326 e. The first-order valence-electron chi connectivity index (χ1n) is 9.22. The third kappa shape index (κ3) is 4.44. The van der Waals surface area contributed by atoms with Crippen molar-refractivity contribution in [3.63, 3.8) is 0 Å². The number of nitrogens with one attached hydrogen (secondary N) is 1. The molecule has 2 aromatic carbocycles. The lowest BCUT2D eigenvalue weighted by Gasteiger charge is -2.11. The molecule has 146 valence electrons. The van der Waals surface area contributed by atoms with Crippen molar-refractivity contribution < 1.29 is 9.59 Å². The van der Waals surface area contributed by atoms with E-state index >= 15 is 0 Å². The van der Waals surface area contributed by atoms with Crippen molar-refractivity contribution in [2.45, 2.75) is 39.4 Å². The van der Waals surface area contributed by atoms with E-state index in [4.69, 9.17) is 0 Å². The van der Waals surface area contributed by atoms with E-state index in [2.05, 4.69) is 17.2 Å². The van der Waals surface area contributed by atoms with Crippen LogP contribution < -0.4 is 5.32 Å². The highest BCUT2D eigenvalue weighted by atomic mass is 32.2.